The lowest BCUT2D eigenvalue weighted by atomic mass is 10.0. The topological polar surface area (TPSA) is 78.2 Å². The molecule has 6 heteroatoms. The minimum atomic E-state index is -0.429. The Labute approximate surface area is 151 Å². The Bertz CT molecular complexity index is 924. The molecule has 0 aliphatic rings. The zero-order valence-electron chi connectivity index (χ0n) is 14.7. The fraction of sp³-hybridized carbons (Fsp3) is 0.200. The predicted molar refractivity (Wildman–Crippen MR) is 99.2 cm³/mol. The molecule has 0 spiro atoms. The highest BCUT2D eigenvalue weighted by atomic mass is 16.6. The third kappa shape index (κ3) is 4.03. The summed E-state index contributed by atoms with van der Waals surface area (Å²) >= 11 is 0. The van der Waals surface area contributed by atoms with Gasteiger partial charge in [-0.1, -0.05) is 23.8 Å². The fourth-order valence-corrected chi connectivity index (χ4v) is 2.75. The number of aromatic nitrogens is 2. The van der Waals surface area contributed by atoms with Crippen molar-refractivity contribution in [1.29, 1.82) is 0 Å². The predicted octanol–water partition coefficient (Wildman–Crippen LogP) is 4.29. The van der Waals surface area contributed by atoms with E-state index in [0.717, 1.165) is 12.0 Å². The molecule has 0 radical (unpaired) electrons. The molecule has 2 aromatic carbocycles. The average Bonchev–Trinajstić information content (AvgIpc) is 2.64. The van der Waals surface area contributed by atoms with E-state index in [1.165, 1.54) is 28.8 Å². The summed E-state index contributed by atoms with van der Waals surface area (Å²) < 4.78 is 5.85. The van der Waals surface area contributed by atoms with E-state index in [1.54, 1.807) is 24.5 Å². The Balaban J connectivity index is 1.74. The van der Waals surface area contributed by atoms with Crippen molar-refractivity contribution in [2.75, 3.05) is 6.61 Å². The Morgan fingerprint density at radius 2 is 1.77 bits per heavy atom. The molecule has 132 valence electrons. The SMILES string of the molecule is Cc1ccc(CCOc2nccnc2-c2ccc([N+](=O)[O-])cc2)c(C)c1. The number of nitro benzene ring substituents is 1. The van der Waals surface area contributed by atoms with Crippen molar-refractivity contribution < 1.29 is 9.66 Å². The van der Waals surface area contributed by atoms with Crippen molar-refractivity contribution in [2.24, 2.45) is 0 Å². The zero-order chi connectivity index (χ0) is 18.5. The van der Waals surface area contributed by atoms with Gasteiger partial charge in [-0.2, -0.15) is 0 Å². The number of ether oxygens (including phenoxy) is 1. The van der Waals surface area contributed by atoms with E-state index in [2.05, 4.69) is 42.0 Å². The quantitative estimate of drug-likeness (QED) is 0.490. The van der Waals surface area contributed by atoms with Crippen molar-refractivity contribution in [2.45, 2.75) is 20.3 Å². The standard InChI is InChI=1S/C20H19N3O3/c1-14-3-4-16(15(2)13-14)9-12-26-20-19(21-10-11-22-20)17-5-7-18(8-6-17)23(24)25/h3-8,10-11,13H,9,12H2,1-2H3. The molecular formula is C20H19N3O3. The second-order valence-electron chi connectivity index (χ2n) is 6.04. The van der Waals surface area contributed by atoms with Gasteiger partial charge in [0.1, 0.15) is 5.69 Å². The number of rotatable bonds is 6. The lowest BCUT2D eigenvalue weighted by Crippen LogP contribution is -2.05. The largest absolute Gasteiger partial charge is 0.476 e. The lowest BCUT2D eigenvalue weighted by Gasteiger charge is -2.11. The van der Waals surface area contributed by atoms with Crippen LogP contribution in [0, 0.1) is 24.0 Å². The van der Waals surface area contributed by atoms with Crippen LogP contribution >= 0.6 is 0 Å². The number of nitro groups is 1. The molecular weight excluding hydrogens is 330 g/mol. The molecule has 0 bridgehead atoms. The van der Waals surface area contributed by atoms with Crippen LogP contribution in [0.3, 0.4) is 0 Å². The zero-order valence-corrected chi connectivity index (χ0v) is 14.7. The van der Waals surface area contributed by atoms with Gasteiger partial charge in [-0.25, -0.2) is 9.97 Å². The molecule has 0 atom stereocenters. The number of nitrogens with zero attached hydrogens (tertiary/aromatic N) is 3. The van der Waals surface area contributed by atoms with Gasteiger partial charge in [0.15, 0.2) is 0 Å². The molecule has 1 aromatic heterocycles. The van der Waals surface area contributed by atoms with Crippen LogP contribution in [0.5, 0.6) is 5.88 Å². The van der Waals surface area contributed by atoms with Crippen molar-refractivity contribution >= 4 is 5.69 Å². The Morgan fingerprint density at radius 3 is 2.46 bits per heavy atom. The molecule has 26 heavy (non-hydrogen) atoms. The van der Waals surface area contributed by atoms with Crippen LogP contribution in [-0.4, -0.2) is 21.5 Å². The van der Waals surface area contributed by atoms with E-state index < -0.39 is 4.92 Å². The first kappa shape index (κ1) is 17.5. The van der Waals surface area contributed by atoms with Gasteiger partial charge >= 0.3 is 0 Å². The van der Waals surface area contributed by atoms with Gasteiger partial charge in [-0.3, -0.25) is 10.1 Å². The molecule has 6 nitrogen and oxygen atoms in total. The minimum absolute atomic E-state index is 0.0370. The monoisotopic (exact) mass is 349 g/mol. The summed E-state index contributed by atoms with van der Waals surface area (Å²) in [6.45, 7) is 4.64. The minimum Gasteiger partial charge on any atom is -0.476 e. The van der Waals surface area contributed by atoms with Crippen molar-refractivity contribution in [3.63, 3.8) is 0 Å². The number of non-ortho nitro benzene ring substituents is 1. The molecule has 0 aliphatic heterocycles. The number of hydrogen-bond donors (Lipinski definition) is 0. The van der Waals surface area contributed by atoms with Gasteiger partial charge in [0.25, 0.3) is 5.69 Å². The Morgan fingerprint density at radius 1 is 1.04 bits per heavy atom. The molecule has 0 saturated carbocycles. The number of aryl methyl sites for hydroxylation is 2. The molecule has 1 heterocycles. The van der Waals surface area contributed by atoms with E-state index in [1.807, 2.05) is 0 Å². The molecule has 0 fully saturated rings. The van der Waals surface area contributed by atoms with Crippen LogP contribution in [0.1, 0.15) is 16.7 Å². The number of benzene rings is 2. The summed E-state index contributed by atoms with van der Waals surface area (Å²) in [5.74, 6) is 0.422. The van der Waals surface area contributed by atoms with Gasteiger partial charge < -0.3 is 4.74 Å². The van der Waals surface area contributed by atoms with Crippen molar-refractivity contribution in [3.05, 3.63) is 81.7 Å². The maximum Gasteiger partial charge on any atom is 0.269 e. The average molecular weight is 349 g/mol. The number of hydrogen-bond acceptors (Lipinski definition) is 5. The van der Waals surface area contributed by atoms with E-state index in [4.69, 9.17) is 4.74 Å². The highest BCUT2D eigenvalue weighted by Gasteiger charge is 2.12. The van der Waals surface area contributed by atoms with Gasteiger partial charge in [0.05, 0.1) is 11.5 Å². The van der Waals surface area contributed by atoms with Crippen LogP contribution in [0.2, 0.25) is 0 Å². The van der Waals surface area contributed by atoms with Gasteiger partial charge in [0, 0.05) is 36.5 Å². The first-order valence-electron chi connectivity index (χ1n) is 8.29. The summed E-state index contributed by atoms with van der Waals surface area (Å²) in [5, 5.41) is 10.8. The molecule has 3 rings (SSSR count). The highest BCUT2D eigenvalue weighted by Crippen LogP contribution is 2.27. The summed E-state index contributed by atoms with van der Waals surface area (Å²) in [7, 11) is 0. The molecule has 0 unspecified atom stereocenters. The highest BCUT2D eigenvalue weighted by molar-refractivity contribution is 5.65. The second-order valence-corrected chi connectivity index (χ2v) is 6.04. The van der Waals surface area contributed by atoms with Crippen molar-refractivity contribution in [1.82, 2.24) is 9.97 Å². The smallest absolute Gasteiger partial charge is 0.269 e. The van der Waals surface area contributed by atoms with E-state index >= 15 is 0 Å². The normalized spacial score (nSPS) is 10.5. The van der Waals surface area contributed by atoms with E-state index in [9.17, 15) is 10.1 Å². The first-order chi connectivity index (χ1) is 12.5. The van der Waals surface area contributed by atoms with Crippen LogP contribution < -0.4 is 4.74 Å². The maximum absolute atomic E-state index is 10.8. The molecule has 0 amide bonds. The van der Waals surface area contributed by atoms with Crippen molar-refractivity contribution in [3.8, 4) is 17.1 Å². The lowest BCUT2D eigenvalue weighted by molar-refractivity contribution is -0.384. The maximum atomic E-state index is 10.8. The summed E-state index contributed by atoms with van der Waals surface area (Å²) in [4.78, 5) is 18.9. The molecule has 0 N–H and O–H groups in total. The van der Waals surface area contributed by atoms with Crippen LogP contribution in [0.25, 0.3) is 11.3 Å². The van der Waals surface area contributed by atoms with Gasteiger partial charge in [-0.05, 0) is 37.1 Å². The first-order valence-corrected chi connectivity index (χ1v) is 8.29. The Hall–Kier alpha value is -3.28. The summed E-state index contributed by atoms with van der Waals surface area (Å²) in [6.07, 6.45) is 3.91. The van der Waals surface area contributed by atoms with E-state index in [0.29, 0.717) is 18.2 Å². The van der Waals surface area contributed by atoms with E-state index in [-0.39, 0.29) is 5.69 Å². The van der Waals surface area contributed by atoms with Gasteiger partial charge in [-0.15, -0.1) is 0 Å². The van der Waals surface area contributed by atoms with Crippen LogP contribution in [0.15, 0.2) is 54.9 Å². The third-order valence-corrected chi connectivity index (χ3v) is 4.12. The fourth-order valence-electron chi connectivity index (χ4n) is 2.75. The second kappa shape index (κ2) is 7.74. The summed E-state index contributed by atoms with van der Waals surface area (Å²) in [5.41, 5.74) is 5.05. The van der Waals surface area contributed by atoms with Crippen LogP contribution in [0.4, 0.5) is 5.69 Å². The molecule has 0 aliphatic carbocycles. The molecule has 0 saturated heterocycles. The third-order valence-electron chi connectivity index (χ3n) is 4.12. The Kier molecular flexibility index (Phi) is 5.22. The molecule has 3 aromatic rings. The van der Waals surface area contributed by atoms with Gasteiger partial charge in [0.2, 0.25) is 5.88 Å². The summed E-state index contributed by atoms with van der Waals surface area (Å²) in [6, 6.07) is 12.6. The van der Waals surface area contributed by atoms with Crippen LogP contribution in [-0.2, 0) is 6.42 Å².